The van der Waals surface area contributed by atoms with Crippen LogP contribution in [-0.4, -0.2) is 17.4 Å². The normalized spacial score (nSPS) is 10.1. The molecule has 0 spiro atoms. The van der Waals surface area contributed by atoms with Crippen LogP contribution in [0.3, 0.4) is 0 Å². The van der Waals surface area contributed by atoms with Crippen LogP contribution in [0.1, 0.15) is 21.5 Å². The van der Waals surface area contributed by atoms with Gasteiger partial charge in [0.15, 0.2) is 0 Å². The Balaban J connectivity index is 1.59. The van der Waals surface area contributed by atoms with Gasteiger partial charge in [0.2, 0.25) is 0 Å². The van der Waals surface area contributed by atoms with E-state index >= 15 is 0 Å². The minimum Gasteiger partial charge on any atom is -0.370 e. The molecule has 134 valence electrons. The van der Waals surface area contributed by atoms with Crippen LogP contribution in [0.2, 0.25) is 5.02 Å². The molecule has 0 saturated heterocycles. The predicted octanol–water partition coefficient (Wildman–Crippen LogP) is 4.51. The molecule has 0 atom stereocenters. The van der Waals surface area contributed by atoms with Crippen LogP contribution in [0.25, 0.3) is 0 Å². The quantitative estimate of drug-likeness (QED) is 0.663. The fourth-order valence-electron chi connectivity index (χ4n) is 2.52. The maximum absolute atomic E-state index is 12.4. The average Bonchev–Trinajstić information content (AvgIpc) is 2.70. The predicted molar refractivity (Wildman–Crippen MR) is 107 cm³/mol. The van der Waals surface area contributed by atoms with E-state index in [4.69, 9.17) is 16.9 Å². The van der Waals surface area contributed by atoms with Crippen molar-refractivity contribution in [1.82, 2.24) is 4.98 Å². The Kier molecular flexibility index (Phi) is 6.03. The highest BCUT2D eigenvalue weighted by Crippen LogP contribution is 2.14. The standard InChI is InChI=1S/C21H17ClN4O/c22-18-6-4-15(5-7-18)8-10-24-20-13-17(9-11-25-20)21(27)26-19-3-1-2-16(12-19)14-23/h1-7,9,11-13H,8,10H2,(H,24,25)(H,26,27). The Morgan fingerprint density at radius 1 is 1.11 bits per heavy atom. The third kappa shape index (κ3) is 5.30. The van der Waals surface area contributed by atoms with Crippen LogP contribution in [-0.2, 0) is 6.42 Å². The number of carbonyl (C=O) groups excluding carboxylic acids is 1. The summed E-state index contributed by atoms with van der Waals surface area (Å²) in [4.78, 5) is 16.7. The Morgan fingerprint density at radius 3 is 2.70 bits per heavy atom. The first-order chi connectivity index (χ1) is 13.1. The van der Waals surface area contributed by atoms with Gasteiger partial charge in [0.05, 0.1) is 11.6 Å². The van der Waals surface area contributed by atoms with E-state index in [1.54, 1.807) is 42.6 Å². The molecule has 1 amide bonds. The molecule has 27 heavy (non-hydrogen) atoms. The van der Waals surface area contributed by atoms with Crippen molar-refractivity contribution in [1.29, 1.82) is 5.26 Å². The van der Waals surface area contributed by atoms with Crippen molar-refractivity contribution in [2.45, 2.75) is 6.42 Å². The van der Waals surface area contributed by atoms with Gasteiger partial charge in [-0.1, -0.05) is 29.8 Å². The van der Waals surface area contributed by atoms with E-state index in [-0.39, 0.29) is 5.91 Å². The molecule has 3 rings (SSSR count). The van der Waals surface area contributed by atoms with Crippen LogP contribution in [0.15, 0.2) is 66.9 Å². The first-order valence-corrected chi connectivity index (χ1v) is 8.78. The Labute approximate surface area is 162 Å². The van der Waals surface area contributed by atoms with Crippen molar-refractivity contribution in [3.05, 3.63) is 88.6 Å². The molecule has 0 aliphatic rings. The number of hydrogen-bond acceptors (Lipinski definition) is 4. The number of nitrogens with zero attached hydrogens (tertiary/aromatic N) is 2. The number of carbonyl (C=O) groups is 1. The molecule has 0 saturated carbocycles. The number of amides is 1. The molecule has 0 radical (unpaired) electrons. The maximum Gasteiger partial charge on any atom is 0.255 e. The summed E-state index contributed by atoms with van der Waals surface area (Å²) in [6.45, 7) is 0.684. The highest BCUT2D eigenvalue weighted by atomic mass is 35.5. The second-order valence-electron chi connectivity index (χ2n) is 5.88. The van der Waals surface area contributed by atoms with Crippen molar-refractivity contribution in [3.8, 4) is 6.07 Å². The smallest absolute Gasteiger partial charge is 0.255 e. The van der Waals surface area contributed by atoms with Gasteiger partial charge in [-0.25, -0.2) is 4.98 Å². The number of hydrogen-bond donors (Lipinski definition) is 2. The lowest BCUT2D eigenvalue weighted by Gasteiger charge is -2.09. The van der Waals surface area contributed by atoms with Crippen LogP contribution < -0.4 is 10.6 Å². The highest BCUT2D eigenvalue weighted by Gasteiger charge is 2.08. The van der Waals surface area contributed by atoms with E-state index in [1.165, 1.54) is 0 Å². The van der Waals surface area contributed by atoms with E-state index in [2.05, 4.69) is 21.7 Å². The average molecular weight is 377 g/mol. The molecule has 0 unspecified atom stereocenters. The lowest BCUT2D eigenvalue weighted by atomic mass is 10.1. The summed E-state index contributed by atoms with van der Waals surface area (Å²) in [5.41, 5.74) is 2.72. The monoisotopic (exact) mass is 376 g/mol. The zero-order valence-corrected chi connectivity index (χ0v) is 15.2. The molecule has 5 nitrogen and oxygen atoms in total. The Bertz CT molecular complexity index is 980. The van der Waals surface area contributed by atoms with Gasteiger partial charge >= 0.3 is 0 Å². The third-order valence-corrected chi connectivity index (χ3v) is 4.16. The summed E-state index contributed by atoms with van der Waals surface area (Å²) in [6, 6.07) is 19.9. The minimum atomic E-state index is -0.256. The van der Waals surface area contributed by atoms with E-state index < -0.39 is 0 Å². The van der Waals surface area contributed by atoms with Crippen LogP contribution in [0, 0.1) is 11.3 Å². The molecule has 2 aromatic carbocycles. The molecule has 3 aromatic rings. The lowest BCUT2D eigenvalue weighted by Crippen LogP contribution is -2.13. The number of rotatable bonds is 6. The number of benzene rings is 2. The molecule has 1 aromatic heterocycles. The second kappa shape index (κ2) is 8.84. The van der Waals surface area contributed by atoms with Gasteiger partial charge in [-0.05, 0) is 54.4 Å². The van der Waals surface area contributed by atoms with Crippen LogP contribution >= 0.6 is 11.6 Å². The van der Waals surface area contributed by atoms with Gasteiger partial charge in [0.25, 0.3) is 5.91 Å². The topological polar surface area (TPSA) is 77.8 Å². The second-order valence-corrected chi connectivity index (χ2v) is 6.32. The number of aromatic nitrogens is 1. The van der Waals surface area contributed by atoms with E-state index in [0.29, 0.717) is 34.2 Å². The molecule has 0 fully saturated rings. The van der Waals surface area contributed by atoms with Gasteiger partial charge in [-0.3, -0.25) is 4.79 Å². The molecule has 1 heterocycles. The summed E-state index contributed by atoms with van der Waals surface area (Å²) in [6.07, 6.45) is 2.40. The van der Waals surface area contributed by atoms with Crippen molar-refractivity contribution in [2.24, 2.45) is 0 Å². The SMILES string of the molecule is N#Cc1cccc(NC(=O)c2ccnc(NCCc3ccc(Cl)cc3)c2)c1. The van der Waals surface area contributed by atoms with Crippen LogP contribution in [0.5, 0.6) is 0 Å². The van der Waals surface area contributed by atoms with Gasteiger partial charge in [-0.15, -0.1) is 0 Å². The van der Waals surface area contributed by atoms with Gasteiger partial charge in [0, 0.05) is 29.0 Å². The maximum atomic E-state index is 12.4. The molecule has 6 heteroatoms. The Hall–Kier alpha value is -3.36. The van der Waals surface area contributed by atoms with Gasteiger partial charge in [-0.2, -0.15) is 5.26 Å². The summed E-state index contributed by atoms with van der Waals surface area (Å²) in [7, 11) is 0. The number of anilines is 2. The van der Waals surface area contributed by atoms with Gasteiger partial charge < -0.3 is 10.6 Å². The number of nitriles is 1. The molecule has 2 N–H and O–H groups in total. The number of pyridine rings is 1. The summed E-state index contributed by atoms with van der Waals surface area (Å²) < 4.78 is 0. The van der Waals surface area contributed by atoms with E-state index in [0.717, 1.165) is 12.0 Å². The summed E-state index contributed by atoms with van der Waals surface area (Å²) in [5, 5.41) is 15.7. The third-order valence-electron chi connectivity index (χ3n) is 3.90. The van der Waals surface area contributed by atoms with Gasteiger partial charge in [0.1, 0.15) is 5.82 Å². The Morgan fingerprint density at radius 2 is 1.93 bits per heavy atom. The molecular formula is C21H17ClN4O. The summed E-state index contributed by atoms with van der Waals surface area (Å²) in [5.74, 6) is 0.371. The lowest BCUT2D eigenvalue weighted by molar-refractivity contribution is 0.102. The fourth-order valence-corrected chi connectivity index (χ4v) is 2.65. The largest absolute Gasteiger partial charge is 0.370 e. The number of nitrogens with one attached hydrogen (secondary N) is 2. The number of halogens is 1. The minimum absolute atomic E-state index is 0.256. The first kappa shape index (κ1) is 18.4. The molecule has 0 aliphatic heterocycles. The van der Waals surface area contributed by atoms with Crippen molar-refractivity contribution in [2.75, 3.05) is 17.2 Å². The fraction of sp³-hybridized carbons (Fsp3) is 0.0952. The van der Waals surface area contributed by atoms with Crippen molar-refractivity contribution in [3.63, 3.8) is 0 Å². The zero-order valence-electron chi connectivity index (χ0n) is 14.4. The summed E-state index contributed by atoms with van der Waals surface area (Å²) >= 11 is 5.88. The van der Waals surface area contributed by atoms with E-state index in [9.17, 15) is 4.79 Å². The zero-order chi connectivity index (χ0) is 19.1. The van der Waals surface area contributed by atoms with Crippen LogP contribution in [0.4, 0.5) is 11.5 Å². The molecule has 0 aliphatic carbocycles. The van der Waals surface area contributed by atoms with Crippen molar-refractivity contribution >= 4 is 29.0 Å². The van der Waals surface area contributed by atoms with Crippen molar-refractivity contribution < 1.29 is 4.79 Å². The highest BCUT2D eigenvalue weighted by molar-refractivity contribution is 6.30. The van der Waals surface area contributed by atoms with E-state index in [1.807, 2.05) is 24.3 Å². The molecular weight excluding hydrogens is 360 g/mol. The first-order valence-electron chi connectivity index (χ1n) is 8.40. The molecule has 0 bridgehead atoms.